The molecule has 0 saturated carbocycles. The first-order chi connectivity index (χ1) is 8.56. The van der Waals surface area contributed by atoms with Crippen molar-refractivity contribution in [3.63, 3.8) is 0 Å². The van der Waals surface area contributed by atoms with Crippen molar-refractivity contribution < 1.29 is 19.1 Å². The quantitative estimate of drug-likeness (QED) is 0.821. The summed E-state index contributed by atoms with van der Waals surface area (Å²) < 4.78 is 9.48. The summed E-state index contributed by atoms with van der Waals surface area (Å²) in [6.07, 6.45) is 0. The Morgan fingerprint density at radius 3 is 2.33 bits per heavy atom. The van der Waals surface area contributed by atoms with Crippen LogP contribution < -0.4 is 10.1 Å². The van der Waals surface area contributed by atoms with E-state index in [1.165, 1.54) is 19.1 Å². The second-order valence-corrected chi connectivity index (χ2v) is 3.59. The number of carbonyl (C=O) groups is 2. The van der Waals surface area contributed by atoms with Crippen molar-refractivity contribution in [1.29, 1.82) is 0 Å². The van der Waals surface area contributed by atoms with Crippen LogP contribution in [-0.4, -0.2) is 44.7 Å². The van der Waals surface area contributed by atoms with Crippen LogP contribution >= 0.6 is 0 Å². The fourth-order valence-corrected chi connectivity index (χ4v) is 1.22. The number of amides is 2. The van der Waals surface area contributed by atoms with Gasteiger partial charge in [0.1, 0.15) is 12.3 Å². The average molecular weight is 252 g/mol. The number of benzene rings is 1. The second-order valence-electron chi connectivity index (χ2n) is 3.59. The maximum atomic E-state index is 11.7. The normalized spacial score (nSPS) is 9.50. The summed E-state index contributed by atoms with van der Waals surface area (Å²) in [6, 6.07) is 6.50. The molecule has 1 N–H and O–H groups in total. The summed E-state index contributed by atoms with van der Waals surface area (Å²) in [6.45, 7) is -0.0987. The van der Waals surface area contributed by atoms with E-state index >= 15 is 0 Å². The van der Waals surface area contributed by atoms with Crippen LogP contribution in [0.15, 0.2) is 24.3 Å². The molecule has 0 fully saturated rings. The molecule has 0 saturated heterocycles. The minimum atomic E-state index is -0.470. The van der Waals surface area contributed by atoms with Crippen molar-refractivity contribution in [2.24, 2.45) is 0 Å². The van der Waals surface area contributed by atoms with Gasteiger partial charge in [-0.3, -0.25) is 4.79 Å². The van der Waals surface area contributed by atoms with E-state index in [0.717, 1.165) is 0 Å². The van der Waals surface area contributed by atoms with Gasteiger partial charge in [0.2, 0.25) is 0 Å². The van der Waals surface area contributed by atoms with Crippen molar-refractivity contribution in [2.45, 2.75) is 0 Å². The zero-order chi connectivity index (χ0) is 13.5. The second kappa shape index (κ2) is 6.48. The Bertz CT molecular complexity index is 417. The number of anilines is 1. The smallest absolute Gasteiger partial charge is 0.325 e. The number of esters is 1. The molecule has 98 valence electrons. The third kappa shape index (κ3) is 3.97. The van der Waals surface area contributed by atoms with Gasteiger partial charge in [0.25, 0.3) is 0 Å². The highest BCUT2D eigenvalue weighted by atomic mass is 16.5. The van der Waals surface area contributed by atoms with E-state index in [1.807, 2.05) is 0 Å². The van der Waals surface area contributed by atoms with E-state index in [4.69, 9.17) is 4.74 Å². The Morgan fingerprint density at radius 1 is 1.22 bits per heavy atom. The molecule has 0 heterocycles. The lowest BCUT2D eigenvalue weighted by Gasteiger charge is -2.16. The average Bonchev–Trinajstić information content (AvgIpc) is 2.39. The fraction of sp³-hybridized carbons (Fsp3) is 0.333. The molecule has 6 heteroatoms. The first-order valence-electron chi connectivity index (χ1n) is 5.29. The lowest BCUT2D eigenvalue weighted by Crippen LogP contribution is -2.35. The number of likely N-dealkylation sites (N-methyl/N-ethyl adjacent to an activating group) is 1. The molecule has 2 amide bonds. The molecule has 1 aromatic carbocycles. The van der Waals surface area contributed by atoms with Gasteiger partial charge < -0.3 is 19.7 Å². The van der Waals surface area contributed by atoms with Crippen LogP contribution in [0.5, 0.6) is 5.75 Å². The Hall–Kier alpha value is -2.24. The molecule has 0 aliphatic rings. The lowest BCUT2D eigenvalue weighted by molar-refractivity contribution is -0.140. The van der Waals surface area contributed by atoms with Crippen LogP contribution in [0.3, 0.4) is 0 Å². The molecular formula is C12H16N2O4. The van der Waals surface area contributed by atoms with Crippen LogP contribution in [0.1, 0.15) is 0 Å². The fourth-order valence-electron chi connectivity index (χ4n) is 1.22. The van der Waals surface area contributed by atoms with Gasteiger partial charge in [0, 0.05) is 12.7 Å². The first kappa shape index (κ1) is 13.8. The van der Waals surface area contributed by atoms with Gasteiger partial charge in [-0.1, -0.05) is 0 Å². The Labute approximate surface area is 105 Å². The molecule has 0 aliphatic carbocycles. The molecule has 18 heavy (non-hydrogen) atoms. The van der Waals surface area contributed by atoms with Crippen molar-refractivity contribution in [1.82, 2.24) is 4.90 Å². The van der Waals surface area contributed by atoms with Crippen LogP contribution in [0.25, 0.3) is 0 Å². The zero-order valence-electron chi connectivity index (χ0n) is 10.6. The van der Waals surface area contributed by atoms with Crippen molar-refractivity contribution in [3.8, 4) is 5.75 Å². The van der Waals surface area contributed by atoms with Crippen LogP contribution in [0, 0.1) is 0 Å². The maximum Gasteiger partial charge on any atom is 0.325 e. The number of carbonyl (C=O) groups excluding carboxylic acids is 2. The molecule has 0 bridgehead atoms. The Balaban J connectivity index is 2.55. The lowest BCUT2D eigenvalue weighted by atomic mass is 10.3. The van der Waals surface area contributed by atoms with E-state index in [1.54, 1.807) is 31.4 Å². The van der Waals surface area contributed by atoms with Crippen LogP contribution in [0.2, 0.25) is 0 Å². The molecule has 1 rings (SSSR count). The van der Waals surface area contributed by atoms with Crippen molar-refractivity contribution >= 4 is 17.7 Å². The summed E-state index contributed by atoms with van der Waals surface area (Å²) in [5.74, 6) is 0.235. The third-order valence-corrected chi connectivity index (χ3v) is 2.28. The summed E-state index contributed by atoms with van der Waals surface area (Å²) in [5, 5.41) is 2.65. The molecule has 0 unspecified atom stereocenters. The molecule has 1 aromatic rings. The van der Waals surface area contributed by atoms with E-state index in [2.05, 4.69) is 10.1 Å². The molecule has 0 aromatic heterocycles. The summed E-state index contributed by atoms with van der Waals surface area (Å²) in [5.41, 5.74) is 0.623. The molecule has 0 aliphatic heterocycles. The molecular weight excluding hydrogens is 236 g/mol. The Morgan fingerprint density at radius 2 is 1.83 bits per heavy atom. The number of hydrogen-bond acceptors (Lipinski definition) is 4. The number of hydrogen-bond donors (Lipinski definition) is 1. The number of ether oxygens (including phenoxy) is 2. The number of urea groups is 1. The summed E-state index contributed by atoms with van der Waals surface area (Å²) in [4.78, 5) is 23.9. The summed E-state index contributed by atoms with van der Waals surface area (Å²) in [7, 11) is 4.35. The first-order valence-corrected chi connectivity index (χ1v) is 5.29. The van der Waals surface area contributed by atoms with Gasteiger partial charge in [-0.05, 0) is 24.3 Å². The van der Waals surface area contributed by atoms with Gasteiger partial charge in [-0.2, -0.15) is 0 Å². The number of nitrogens with one attached hydrogen (secondary N) is 1. The van der Waals surface area contributed by atoms with Gasteiger partial charge in [-0.25, -0.2) is 4.79 Å². The minimum Gasteiger partial charge on any atom is -0.497 e. The highest BCUT2D eigenvalue weighted by Crippen LogP contribution is 2.15. The van der Waals surface area contributed by atoms with Crippen LogP contribution in [0.4, 0.5) is 10.5 Å². The van der Waals surface area contributed by atoms with E-state index in [0.29, 0.717) is 11.4 Å². The number of nitrogens with zero attached hydrogens (tertiary/aromatic N) is 1. The van der Waals surface area contributed by atoms with Gasteiger partial charge in [0.05, 0.1) is 14.2 Å². The molecule has 6 nitrogen and oxygen atoms in total. The minimum absolute atomic E-state index is 0.0987. The van der Waals surface area contributed by atoms with Gasteiger partial charge in [-0.15, -0.1) is 0 Å². The number of rotatable bonds is 4. The monoisotopic (exact) mass is 252 g/mol. The van der Waals surface area contributed by atoms with Crippen LogP contribution in [-0.2, 0) is 9.53 Å². The summed E-state index contributed by atoms with van der Waals surface area (Å²) >= 11 is 0. The predicted octanol–water partition coefficient (Wildman–Crippen LogP) is 1.33. The number of methoxy groups -OCH3 is 2. The highest BCUT2D eigenvalue weighted by Gasteiger charge is 2.12. The maximum absolute atomic E-state index is 11.7. The van der Waals surface area contributed by atoms with E-state index < -0.39 is 5.97 Å². The van der Waals surface area contributed by atoms with Crippen molar-refractivity contribution in [3.05, 3.63) is 24.3 Å². The molecule has 0 atom stereocenters. The topological polar surface area (TPSA) is 67.9 Å². The Kier molecular flexibility index (Phi) is 4.98. The highest BCUT2D eigenvalue weighted by molar-refractivity contribution is 5.91. The van der Waals surface area contributed by atoms with E-state index in [9.17, 15) is 9.59 Å². The van der Waals surface area contributed by atoms with Gasteiger partial charge in [0.15, 0.2) is 0 Å². The largest absolute Gasteiger partial charge is 0.497 e. The zero-order valence-corrected chi connectivity index (χ0v) is 10.6. The molecule has 0 spiro atoms. The predicted molar refractivity (Wildman–Crippen MR) is 66.7 cm³/mol. The van der Waals surface area contributed by atoms with Gasteiger partial charge >= 0.3 is 12.0 Å². The van der Waals surface area contributed by atoms with Crippen molar-refractivity contribution in [2.75, 3.05) is 33.1 Å². The molecule has 0 radical (unpaired) electrons. The van der Waals surface area contributed by atoms with E-state index in [-0.39, 0.29) is 12.6 Å². The third-order valence-electron chi connectivity index (χ3n) is 2.28. The standard InChI is InChI=1S/C12H16N2O4/c1-14(8-11(15)18-3)12(16)13-9-4-6-10(17-2)7-5-9/h4-7H,8H2,1-3H3,(H,13,16). The SMILES string of the molecule is COC(=O)CN(C)C(=O)Nc1ccc(OC)cc1.